The van der Waals surface area contributed by atoms with Gasteiger partial charge in [0.25, 0.3) is 0 Å². The second-order valence-electron chi connectivity index (χ2n) is 4.80. The van der Waals surface area contributed by atoms with Gasteiger partial charge < -0.3 is 10.5 Å². The van der Waals surface area contributed by atoms with Crippen LogP contribution in [0.5, 0.6) is 0 Å². The molecule has 0 aliphatic carbocycles. The second-order valence-corrected chi connectivity index (χ2v) is 6.20. The summed E-state index contributed by atoms with van der Waals surface area (Å²) in [6.45, 7) is 4.95. The van der Waals surface area contributed by atoms with Gasteiger partial charge in [-0.3, -0.25) is 4.90 Å². The summed E-state index contributed by atoms with van der Waals surface area (Å²) in [4.78, 5) is 2.40. The zero-order chi connectivity index (χ0) is 12.5. The SMILES string of the molecule is CCSCCC(CN)N(C)CC1CCCCO1. The van der Waals surface area contributed by atoms with Crippen LogP contribution in [-0.4, -0.2) is 55.3 Å². The molecule has 0 aromatic carbocycles. The highest BCUT2D eigenvalue weighted by atomic mass is 32.2. The van der Waals surface area contributed by atoms with Crippen molar-refractivity contribution in [3.05, 3.63) is 0 Å². The Morgan fingerprint density at radius 1 is 1.47 bits per heavy atom. The highest BCUT2D eigenvalue weighted by Crippen LogP contribution is 2.15. The minimum absolute atomic E-state index is 0.432. The maximum Gasteiger partial charge on any atom is 0.0702 e. The topological polar surface area (TPSA) is 38.5 Å². The highest BCUT2D eigenvalue weighted by molar-refractivity contribution is 7.99. The van der Waals surface area contributed by atoms with Crippen LogP contribution in [0.3, 0.4) is 0 Å². The summed E-state index contributed by atoms with van der Waals surface area (Å²) in [7, 11) is 2.19. The van der Waals surface area contributed by atoms with Crippen molar-refractivity contribution in [2.75, 3.05) is 38.2 Å². The van der Waals surface area contributed by atoms with Crippen molar-refractivity contribution in [3.8, 4) is 0 Å². The molecule has 0 spiro atoms. The number of thioether (sulfide) groups is 1. The van der Waals surface area contributed by atoms with E-state index in [2.05, 4.69) is 18.9 Å². The maximum atomic E-state index is 5.87. The van der Waals surface area contributed by atoms with Crippen molar-refractivity contribution in [1.82, 2.24) is 4.90 Å². The van der Waals surface area contributed by atoms with Gasteiger partial charge >= 0.3 is 0 Å². The Hall–Kier alpha value is 0.230. The summed E-state index contributed by atoms with van der Waals surface area (Å²) in [5.41, 5.74) is 5.87. The van der Waals surface area contributed by atoms with Gasteiger partial charge in [0.15, 0.2) is 0 Å². The molecule has 0 aromatic rings. The summed E-state index contributed by atoms with van der Waals surface area (Å²) in [6, 6.07) is 0.513. The minimum atomic E-state index is 0.432. The number of likely N-dealkylation sites (N-methyl/N-ethyl adjacent to an activating group) is 1. The Balaban J connectivity index is 2.23. The maximum absolute atomic E-state index is 5.87. The van der Waals surface area contributed by atoms with Gasteiger partial charge in [-0.15, -0.1) is 0 Å². The lowest BCUT2D eigenvalue weighted by Gasteiger charge is -2.32. The third-order valence-corrected chi connectivity index (χ3v) is 4.39. The molecule has 1 fully saturated rings. The second kappa shape index (κ2) is 9.20. The molecule has 3 nitrogen and oxygen atoms in total. The van der Waals surface area contributed by atoms with E-state index < -0.39 is 0 Å². The van der Waals surface area contributed by atoms with E-state index in [9.17, 15) is 0 Å². The number of rotatable bonds is 8. The highest BCUT2D eigenvalue weighted by Gasteiger charge is 2.19. The van der Waals surface area contributed by atoms with Crippen LogP contribution in [0.2, 0.25) is 0 Å². The lowest BCUT2D eigenvalue weighted by Crippen LogP contribution is -2.43. The normalized spacial score (nSPS) is 22.9. The number of nitrogens with zero attached hydrogens (tertiary/aromatic N) is 1. The number of ether oxygens (including phenoxy) is 1. The third kappa shape index (κ3) is 6.09. The molecule has 0 amide bonds. The molecule has 0 radical (unpaired) electrons. The van der Waals surface area contributed by atoms with Gasteiger partial charge in [-0.05, 0) is 44.2 Å². The van der Waals surface area contributed by atoms with Crippen LogP contribution in [0.4, 0.5) is 0 Å². The Kier molecular flexibility index (Phi) is 8.27. The first-order valence-corrected chi connectivity index (χ1v) is 8.03. The van der Waals surface area contributed by atoms with Crippen molar-refractivity contribution in [2.24, 2.45) is 5.73 Å². The van der Waals surface area contributed by atoms with Crippen LogP contribution in [-0.2, 0) is 4.74 Å². The Labute approximate surface area is 110 Å². The van der Waals surface area contributed by atoms with Crippen molar-refractivity contribution in [1.29, 1.82) is 0 Å². The molecule has 0 bridgehead atoms. The molecule has 1 saturated heterocycles. The molecule has 1 rings (SSSR count). The summed E-state index contributed by atoms with van der Waals surface area (Å²) in [6.07, 6.45) is 5.39. The van der Waals surface area contributed by atoms with Gasteiger partial charge in [0.1, 0.15) is 0 Å². The molecular weight excluding hydrogens is 232 g/mol. The largest absolute Gasteiger partial charge is 0.377 e. The van der Waals surface area contributed by atoms with Gasteiger partial charge in [0.05, 0.1) is 6.10 Å². The quantitative estimate of drug-likeness (QED) is 0.677. The van der Waals surface area contributed by atoms with E-state index in [-0.39, 0.29) is 0 Å². The van der Waals surface area contributed by atoms with E-state index in [0.717, 1.165) is 19.7 Å². The van der Waals surface area contributed by atoms with Crippen LogP contribution in [0.1, 0.15) is 32.6 Å². The molecule has 0 saturated carbocycles. The van der Waals surface area contributed by atoms with E-state index in [1.54, 1.807) is 0 Å². The summed E-state index contributed by atoms with van der Waals surface area (Å²) in [5, 5.41) is 0. The number of hydrogen-bond acceptors (Lipinski definition) is 4. The first-order valence-electron chi connectivity index (χ1n) is 6.87. The summed E-state index contributed by atoms with van der Waals surface area (Å²) in [5.74, 6) is 2.42. The zero-order valence-corrected chi connectivity index (χ0v) is 12.2. The van der Waals surface area contributed by atoms with E-state index >= 15 is 0 Å². The van der Waals surface area contributed by atoms with Gasteiger partial charge in [0, 0.05) is 25.7 Å². The number of nitrogens with two attached hydrogens (primary N) is 1. The van der Waals surface area contributed by atoms with Crippen molar-refractivity contribution in [2.45, 2.75) is 44.8 Å². The predicted octanol–water partition coefficient (Wildman–Crippen LogP) is 1.96. The van der Waals surface area contributed by atoms with E-state index in [0.29, 0.717) is 12.1 Å². The lowest BCUT2D eigenvalue weighted by atomic mass is 10.1. The average molecular weight is 260 g/mol. The summed E-state index contributed by atoms with van der Waals surface area (Å²) < 4.78 is 5.78. The van der Waals surface area contributed by atoms with Crippen LogP contribution in [0.15, 0.2) is 0 Å². The fourth-order valence-corrected chi connectivity index (χ4v) is 3.03. The van der Waals surface area contributed by atoms with E-state index in [1.807, 2.05) is 11.8 Å². The average Bonchev–Trinajstić information content (AvgIpc) is 2.36. The standard InChI is InChI=1S/C13H28N2OS/c1-3-17-9-7-12(10-14)15(2)11-13-6-4-5-8-16-13/h12-13H,3-11,14H2,1-2H3. The molecule has 1 heterocycles. The first-order chi connectivity index (χ1) is 8.27. The van der Waals surface area contributed by atoms with Gasteiger partial charge in [-0.1, -0.05) is 6.92 Å². The van der Waals surface area contributed by atoms with Crippen LogP contribution in [0.25, 0.3) is 0 Å². The first kappa shape index (κ1) is 15.3. The van der Waals surface area contributed by atoms with Crippen molar-refractivity contribution < 1.29 is 4.74 Å². The molecule has 1 aliphatic heterocycles. The smallest absolute Gasteiger partial charge is 0.0702 e. The van der Waals surface area contributed by atoms with Gasteiger partial charge in [-0.2, -0.15) is 11.8 Å². The molecule has 2 N–H and O–H groups in total. The Bertz CT molecular complexity index is 186. The summed E-state index contributed by atoms with van der Waals surface area (Å²) >= 11 is 2.00. The molecule has 1 aliphatic rings. The molecule has 102 valence electrons. The molecule has 2 unspecified atom stereocenters. The third-order valence-electron chi connectivity index (χ3n) is 3.46. The number of hydrogen-bond donors (Lipinski definition) is 1. The molecule has 0 aromatic heterocycles. The van der Waals surface area contributed by atoms with Crippen LogP contribution in [0, 0.1) is 0 Å². The van der Waals surface area contributed by atoms with Gasteiger partial charge in [-0.25, -0.2) is 0 Å². The molecule has 2 atom stereocenters. The monoisotopic (exact) mass is 260 g/mol. The lowest BCUT2D eigenvalue weighted by molar-refractivity contribution is -0.00772. The van der Waals surface area contributed by atoms with Gasteiger partial charge in [0.2, 0.25) is 0 Å². The fraction of sp³-hybridized carbons (Fsp3) is 1.00. The van der Waals surface area contributed by atoms with Crippen LogP contribution >= 0.6 is 11.8 Å². The van der Waals surface area contributed by atoms with Crippen molar-refractivity contribution in [3.63, 3.8) is 0 Å². The van der Waals surface area contributed by atoms with Crippen molar-refractivity contribution >= 4 is 11.8 Å². The molecule has 17 heavy (non-hydrogen) atoms. The fourth-order valence-electron chi connectivity index (χ4n) is 2.30. The molecular formula is C13H28N2OS. The molecule has 4 heteroatoms. The van der Waals surface area contributed by atoms with E-state index in [4.69, 9.17) is 10.5 Å². The van der Waals surface area contributed by atoms with Crippen LogP contribution < -0.4 is 5.73 Å². The Morgan fingerprint density at radius 3 is 2.88 bits per heavy atom. The Morgan fingerprint density at radius 2 is 2.29 bits per heavy atom. The zero-order valence-electron chi connectivity index (χ0n) is 11.4. The minimum Gasteiger partial charge on any atom is -0.377 e. The predicted molar refractivity (Wildman–Crippen MR) is 76.7 cm³/mol. The van der Waals surface area contributed by atoms with E-state index in [1.165, 1.54) is 37.2 Å².